The Hall–Kier alpha value is -2.21. The minimum atomic E-state index is -0.202. The molecule has 0 aliphatic rings. The Morgan fingerprint density at radius 1 is 1.27 bits per heavy atom. The van der Waals surface area contributed by atoms with Gasteiger partial charge in [0.25, 0.3) is 0 Å². The number of carbonyl (C=O) groups is 1. The van der Waals surface area contributed by atoms with E-state index in [1.54, 1.807) is 35.2 Å². The lowest BCUT2D eigenvalue weighted by Gasteiger charge is -2.13. The summed E-state index contributed by atoms with van der Waals surface area (Å²) in [5, 5.41) is 3.07. The van der Waals surface area contributed by atoms with Crippen molar-refractivity contribution in [3.05, 3.63) is 35.9 Å². The molecule has 2 aromatic rings. The van der Waals surface area contributed by atoms with Crippen molar-refractivity contribution in [3.8, 4) is 11.5 Å². The molecule has 1 heterocycles. The van der Waals surface area contributed by atoms with Crippen LogP contribution in [0.1, 0.15) is 13.8 Å². The molecule has 1 N–H and O–H groups in total. The second-order valence-electron chi connectivity index (χ2n) is 4.40. The van der Waals surface area contributed by atoms with E-state index >= 15 is 0 Å². The Bertz CT molecular complexity index is 643. The highest BCUT2D eigenvalue weighted by Gasteiger charge is 2.10. The van der Waals surface area contributed by atoms with Gasteiger partial charge in [-0.2, -0.15) is 0 Å². The number of amides is 1. The van der Waals surface area contributed by atoms with E-state index in [1.807, 2.05) is 13.8 Å². The molecule has 0 saturated heterocycles. The van der Waals surface area contributed by atoms with Crippen LogP contribution in [0, 0.1) is 0 Å². The maximum Gasteiger partial charge on any atom is 0.244 e. The van der Waals surface area contributed by atoms with Crippen molar-refractivity contribution in [2.75, 3.05) is 18.5 Å². The molecule has 0 fully saturated rings. The summed E-state index contributed by atoms with van der Waals surface area (Å²) in [5.74, 6) is 1.05. The number of hydrogen-bond donors (Lipinski definition) is 1. The number of halogens is 1. The predicted octanol–water partition coefficient (Wildman–Crippen LogP) is 2.97. The first-order chi connectivity index (χ1) is 10.6. The number of nitrogens with one attached hydrogen (secondary N) is 1. The monoisotopic (exact) mass is 323 g/mol. The summed E-state index contributed by atoms with van der Waals surface area (Å²) in [6.45, 7) is 4.95. The molecule has 2 rings (SSSR count). The van der Waals surface area contributed by atoms with E-state index in [0.717, 1.165) is 0 Å². The maximum absolute atomic E-state index is 12.0. The Morgan fingerprint density at radius 3 is 2.64 bits per heavy atom. The summed E-state index contributed by atoms with van der Waals surface area (Å²) >= 11 is 5.84. The van der Waals surface area contributed by atoms with Crippen molar-refractivity contribution in [2.45, 2.75) is 20.4 Å². The van der Waals surface area contributed by atoms with Crippen LogP contribution < -0.4 is 14.8 Å². The molecule has 6 nitrogen and oxygen atoms in total. The second kappa shape index (κ2) is 7.70. The summed E-state index contributed by atoms with van der Waals surface area (Å²) < 4.78 is 12.6. The van der Waals surface area contributed by atoms with Crippen LogP contribution in [0.2, 0.25) is 5.28 Å². The van der Waals surface area contributed by atoms with Gasteiger partial charge in [0.2, 0.25) is 11.2 Å². The fourth-order valence-corrected chi connectivity index (χ4v) is 2.09. The van der Waals surface area contributed by atoms with E-state index < -0.39 is 0 Å². The van der Waals surface area contributed by atoms with Crippen LogP contribution in [0.4, 0.5) is 5.69 Å². The predicted molar refractivity (Wildman–Crippen MR) is 84.6 cm³/mol. The molecule has 7 heteroatoms. The largest absolute Gasteiger partial charge is 0.490 e. The number of ether oxygens (including phenoxy) is 2. The van der Waals surface area contributed by atoms with Gasteiger partial charge < -0.3 is 19.4 Å². The van der Waals surface area contributed by atoms with Gasteiger partial charge in [-0.15, -0.1) is 0 Å². The van der Waals surface area contributed by atoms with E-state index in [4.69, 9.17) is 21.1 Å². The zero-order valence-electron chi connectivity index (χ0n) is 12.5. The topological polar surface area (TPSA) is 65.4 Å². The number of benzene rings is 1. The van der Waals surface area contributed by atoms with Gasteiger partial charge in [-0.3, -0.25) is 4.79 Å². The molecule has 0 aliphatic carbocycles. The van der Waals surface area contributed by atoms with E-state index in [2.05, 4.69) is 10.3 Å². The van der Waals surface area contributed by atoms with Crippen molar-refractivity contribution in [3.63, 3.8) is 0 Å². The lowest BCUT2D eigenvalue weighted by molar-refractivity contribution is -0.116. The molecule has 0 radical (unpaired) electrons. The molecule has 0 atom stereocenters. The first kappa shape index (κ1) is 16.2. The van der Waals surface area contributed by atoms with Gasteiger partial charge in [0, 0.05) is 24.1 Å². The van der Waals surface area contributed by atoms with Crippen molar-refractivity contribution in [1.29, 1.82) is 0 Å². The van der Waals surface area contributed by atoms with Crippen LogP contribution in [-0.2, 0) is 11.3 Å². The Kier molecular flexibility index (Phi) is 5.66. The van der Waals surface area contributed by atoms with Crippen molar-refractivity contribution < 1.29 is 14.3 Å². The molecule has 1 aromatic carbocycles. The van der Waals surface area contributed by atoms with Gasteiger partial charge in [-0.25, -0.2) is 4.98 Å². The minimum absolute atomic E-state index is 0.0933. The van der Waals surface area contributed by atoms with E-state index in [-0.39, 0.29) is 17.7 Å². The van der Waals surface area contributed by atoms with E-state index in [0.29, 0.717) is 30.4 Å². The summed E-state index contributed by atoms with van der Waals surface area (Å²) in [4.78, 5) is 15.9. The molecule has 1 amide bonds. The standard InChI is InChI=1S/C15H18ClN3O3/c1-3-21-12-6-5-11(9-13(12)22-4-2)18-14(20)10-19-8-7-17-15(19)16/h5-9H,3-4,10H2,1-2H3,(H,18,20). The fraction of sp³-hybridized carbons (Fsp3) is 0.333. The smallest absolute Gasteiger partial charge is 0.244 e. The van der Waals surface area contributed by atoms with Crippen LogP contribution in [0.15, 0.2) is 30.6 Å². The third kappa shape index (κ3) is 4.14. The van der Waals surface area contributed by atoms with Crippen molar-refractivity contribution >= 4 is 23.2 Å². The number of aromatic nitrogens is 2. The summed E-state index contributed by atoms with van der Waals surface area (Å²) in [5.41, 5.74) is 0.633. The third-order valence-electron chi connectivity index (χ3n) is 2.81. The number of imidazole rings is 1. The lowest BCUT2D eigenvalue weighted by Crippen LogP contribution is -2.18. The normalized spacial score (nSPS) is 10.3. The fourth-order valence-electron chi connectivity index (χ4n) is 1.91. The Morgan fingerprint density at radius 2 is 2.00 bits per heavy atom. The Balaban J connectivity index is 2.07. The number of hydrogen-bond acceptors (Lipinski definition) is 4. The quantitative estimate of drug-likeness (QED) is 0.850. The molecular weight excluding hydrogens is 306 g/mol. The zero-order valence-corrected chi connectivity index (χ0v) is 13.3. The average molecular weight is 324 g/mol. The van der Waals surface area contributed by atoms with Crippen LogP contribution in [0.5, 0.6) is 11.5 Å². The van der Waals surface area contributed by atoms with Crippen molar-refractivity contribution in [2.24, 2.45) is 0 Å². The van der Waals surface area contributed by atoms with Gasteiger partial charge in [-0.1, -0.05) is 0 Å². The number of carbonyl (C=O) groups excluding carboxylic acids is 1. The summed E-state index contributed by atoms with van der Waals surface area (Å²) in [6.07, 6.45) is 3.19. The zero-order chi connectivity index (χ0) is 15.9. The molecule has 1 aromatic heterocycles. The SMILES string of the molecule is CCOc1ccc(NC(=O)Cn2ccnc2Cl)cc1OCC. The first-order valence-corrected chi connectivity index (χ1v) is 7.38. The van der Waals surface area contributed by atoms with Gasteiger partial charge in [0.05, 0.1) is 13.2 Å². The van der Waals surface area contributed by atoms with Crippen LogP contribution >= 0.6 is 11.6 Å². The molecular formula is C15H18ClN3O3. The highest BCUT2D eigenvalue weighted by molar-refractivity contribution is 6.28. The molecule has 0 saturated carbocycles. The lowest BCUT2D eigenvalue weighted by atomic mass is 10.2. The molecule has 0 bridgehead atoms. The third-order valence-corrected chi connectivity index (χ3v) is 3.12. The number of anilines is 1. The maximum atomic E-state index is 12.0. The summed E-state index contributed by atoms with van der Waals surface area (Å²) in [7, 11) is 0. The summed E-state index contributed by atoms with van der Waals surface area (Å²) in [6, 6.07) is 5.27. The van der Waals surface area contributed by atoms with Gasteiger partial charge in [-0.05, 0) is 37.6 Å². The van der Waals surface area contributed by atoms with Gasteiger partial charge in [0.1, 0.15) is 6.54 Å². The highest BCUT2D eigenvalue weighted by atomic mass is 35.5. The van der Waals surface area contributed by atoms with Gasteiger partial charge >= 0.3 is 0 Å². The van der Waals surface area contributed by atoms with Crippen LogP contribution in [-0.4, -0.2) is 28.7 Å². The molecule has 22 heavy (non-hydrogen) atoms. The van der Waals surface area contributed by atoms with Crippen LogP contribution in [0.3, 0.4) is 0 Å². The van der Waals surface area contributed by atoms with E-state index in [9.17, 15) is 4.79 Å². The molecule has 0 unspecified atom stereocenters. The average Bonchev–Trinajstić information content (AvgIpc) is 2.87. The minimum Gasteiger partial charge on any atom is -0.490 e. The molecule has 0 aliphatic heterocycles. The number of rotatable bonds is 7. The molecule has 0 spiro atoms. The van der Waals surface area contributed by atoms with Crippen molar-refractivity contribution in [1.82, 2.24) is 9.55 Å². The highest BCUT2D eigenvalue weighted by Crippen LogP contribution is 2.30. The van der Waals surface area contributed by atoms with Crippen LogP contribution in [0.25, 0.3) is 0 Å². The Labute approximate surface area is 134 Å². The first-order valence-electron chi connectivity index (χ1n) is 7.00. The van der Waals surface area contributed by atoms with Gasteiger partial charge in [0.15, 0.2) is 11.5 Å². The molecule has 118 valence electrons. The van der Waals surface area contributed by atoms with E-state index in [1.165, 1.54) is 0 Å². The number of nitrogens with zero attached hydrogens (tertiary/aromatic N) is 2. The second-order valence-corrected chi connectivity index (χ2v) is 4.74.